The predicted molar refractivity (Wildman–Crippen MR) is 118 cm³/mol. The topological polar surface area (TPSA) is 81.7 Å². The molecule has 0 atom stereocenters. The Kier molecular flexibility index (Phi) is 7.40. The van der Waals surface area contributed by atoms with Crippen LogP contribution in [0.2, 0.25) is 5.02 Å². The van der Waals surface area contributed by atoms with E-state index in [1.807, 2.05) is 18.2 Å². The summed E-state index contributed by atoms with van der Waals surface area (Å²) >= 11 is 6.14. The molecule has 0 aliphatic carbocycles. The van der Waals surface area contributed by atoms with Crippen LogP contribution in [0.3, 0.4) is 0 Å². The first-order chi connectivity index (χ1) is 14.9. The largest absolute Gasteiger partial charge is 0.488 e. The molecule has 0 bridgehead atoms. The van der Waals surface area contributed by atoms with Gasteiger partial charge in [-0.3, -0.25) is 9.59 Å². The summed E-state index contributed by atoms with van der Waals surface area (Å²) in [4.78, 5) is 35.9. The van der Waals surface area contributed by atoms with Gasteiger partial charge in [0.2, 0.25) is 5.91 Å². The van der Waals surface area contributed by atoms with Gasteiger partial charge in [-0.05, 0) is 42.5 Å². The summed E-state index contributed by atoms with van der Waals surface area (Å²) in [5.41, 5.74) is 1.93. The van der Waals surface area contributed by atoms with Crippen LogP contribution in [-0.2, 0) is 16.1 Å². The van der Waals surface area contributed by atoms with E-state index in [1.165, 1.54) is 6.92 Å². The maximum Gasteiger partial charge on any atom is 0.342 e. The van der Waals surface area contributed by atoms with E-state index in [0.717, 1.165) is 5.56 Å². The van der Waals surface area contributed by atoms with E-state index in [4.69, 9.17) is 21.1 Å². The molecule has 1 amide bonds. The van der Waals surface area contributed by atoms with Crippen molar-refractivity contribution in [1.29, 1.82) is 0 Å². The molecule has 6 nitrogen and oxygen atoms in total. The zero-order chi connectivity index (χ0) is 22.2. The van der Waals surface area contributed by atoms with Gasteiger partial charge in [-0.2, -0.15) is 0 Å². The second kappa shape index (κ2) is 10.4. The van der Waals surface area contributed by atoms with Gasteiger partial charge in [-0.15, -0.1) is 0 Å². The zero-order valence-corrected chi connectivity index (χ0v) is 17.5. The number of hydrogen-bond donors (Lipinski definition) is 1. The molecule has 158 valence electrons. The minimum Gasteiger partial charge on any atom is -0.488 e. The Labute approximate surface area is 184 Å². The van der Waals surface area contributed by atoms with E-state index in [1.54, 1.807) is 54.6 Å². The van der Waals surface area contributed by atoms with Gasteiger partial charge in [0.25, 0.3) is 0 Å². The Bertz CT molecular complexity index is 1100. The molecule has 1 N–H and O–H groups in total. The lowest BCUT2D eigenvalue weighted by molar-refractivity contribution is -0.114. The van der Waals surface area contributed by atoms with Gasteiger partial charge in [0.15, 0.2) is 12.4 Å². The molecule has 0 spiro atoms. The Balaban J connectivity index is 1.61. The summed E-state index contributed by atoms with van der Waals surface area (Å²) in [6, 6.07) is 20.2. The number of carbonyl (C=O) groups is 3. The van der Waals surface area contributed by atoms with E-state index in [-0.39, 0.29) is 23.9 Å². The Hall–Kier alpha value is -3.64. The Morgan fingerprint density at radius 1 is 0.903 bits per heavy atom. The molecule has 3 aromatic rings. The van der Waals surface area contributed by atoms with Gasteiger partial charge in [0.05, 0.1) is 0 Å². The minimum atomic E-state index is -0.669. The lowest BCUT2D eigenvalue weighted by atomic mass is 10.1. The van der Waals surface area contributed by atoms with Crippen LogP contribution in [0.15, 0.2) is 72.8 Å². The molecular formula is C24H20ClNO5. The number of esters is 1. The number of anilines is 1. The van der Waals surface area contributed by atoms with Crippen molar-refractivity contribution < 1.29 is 23.9 Å². The Morgan fingerprint density at radius 3 is 2.29 bits per heavy atom. The van der Waals surface area contributed by atoms with Gasteiger partial charge in [-0.1, -0.05) is 41.9 Å². The first-order valence-electron chi connectivity index (χ1n) is 9.47. The minimum absolute atomic E-state index is 0.184. The van der Waals surface area contributed by atoms with Gasteiger partial charge in [-0.25, -0.2) is 4.79 Å². The van der Waals surface area contributed by atoms with Crippen molar-refractivity contribution in [1.82, 2.24) is 0 Å². The zero-order valence-electron chi connectivity index (χ0n) is 16.8. The van der Waals surface area contributed by atoms with E-state index >= 15 is 0 Å². The van der Waals surface area contributed by atoms with Crippen LogP contribution in [0.1, 0.15) is 33.2 Å². The van der Waals surface area contributed by atoms with Crippen LogP contribution in [-0.4, -0.2) is 24.3 Å². The predicted octanol–water partition coefficient (Wildman–Crippen LogP) is 4.92. The third kappa shape index (κ3) is 6.17. The molecule has 0 radical (unpaired) electrons. The van der Waals surface area contributed by atoms with Crippen LogP contribution in [0, 0.1) is 0 Å². The number of benzene rings is 3. The van der Waals surface area contributed by atoms with Crippen molar-refractivity contribution >= 4 is 34.9 Å². The first-order valence-corrected chi connectivity index (χ1v) is 9.85. The second-order valence-corrected chi connectivity index (χ2v) is 7.04. The highest BCUT2D eigenvalue weighted by atomic mass is 35.5. The summed E-state index contributed by atoms with van der Waals surface area (Å²) in [5, 5.41) is 3.19. The number of amides is 1. The van der Waals surface area contributed by atoms with Gasteiger partial charge in [0, 0.05) is 28.8 Å². The fraction of sp³-hybridized carbons (Fsp3) is 0.125. The number of rotatable bonds is 8. The highest BCUT2D eigenvalue weighted by Crippen LogP contribution is 2.23. The molecule has 0 fully saturated rings. The maximum absolute atomic E-state index is 12.5. The molecular weight excluding hydrogens is 418 g/mol. The number of hydrogen-bond acceptors (Lipinski definition) is 5. The molecule has 31 heavy (non-hydrogen) atoms. The van der Waals surface area contributed by atoms with Crippen molar-refractivity contribution in [2.75, 3.05) is 11.9 Å². The van der Waals surface area contributed by atoms with Crippen LogP contribution >= 0.6 is 11.6 Å². The molecule has 0 aromatic heterocycles. The maximum atomic E-state index is 12.5. The van der Waals surface area contributed by atoms with Gasteiger partial charge < -0.3 is 14.8 Å². The third-order valence-electron chi connectivity index (χ3n) is 4.31. The quantitative estimate of drug-likeness (QED) is 0.399. The van der Waals surface area contributed by atoms with E-state index < -0.39 is 12.6 Å². The molecule has 0 aliphatic heterocycles. The number of nitrogens with one attached hydrogen (secondary N) is 1. The van der Waals surface area contributed by atoms with Crippen LogP contribution in [0.25, 0.3) is 0 Å². The number of para-hydroxylation sites is 1. The molecule has 0 saturated heterocycles. The van der Waals surface area contributed by atoms with Crippen molar-refractivity contribution in [3.8, 4) is 5.75 Å². The standard InChI is InChI=1S/C24H20ClNO5/c1-16(27)26-19-12-10-17(11-13-19)22(28)15-31-24(29)20-7-3-5-9-23(20)30-14-18-6-2-4-8-21(18)25/h2-13H,14-15H2,1H3,(H,26,27). The molecule has 3 aromatic carbocycles. The fourth-order valence-electron chi connectivity index (χ4n) is 2.77. The number of ether oxygens (including phenoxy) is 2. The van der Waals surface area contributed by atoms with E-state index in [9.17, 15) is 14.4 Å². The van der Waals surface area contributed by atoms with Crippen LogP contribution < -0.4 is 10.1 Å². The highest BCUT2D eigenvalue weighted by Gasteiger charge is 2.16. The lowest BCUT2D eigenvalue weighted by Crippen LogP contribution is -2.15. The average molecular weight is 438 g/mol. The molecule has 0 unspecified atom stereocenters. The summed E-state index contributed by atoms with van der Waals surface area (Å²) < 4.78 is 10.9. The monoisotopic (exact) mass is 437 g/mol. The molecule has 0 heterocycles. The first kappa shape index (κ1) is 22.1. The molecule has 3 rings (SSSR count). The molecule has 0 aliphatic rings. The van der Waals surface area contributed by atoms with Crippen molar-refractivity contribution in [2.24, 2.45) is 0 Å². The summed E-state index contributed by atoms with van der Waals surface area (Å²) in [5.74, 6) is -0.905. The highest BCUT2D eigenvalue weighted by molar-refractivity contribution is 6.31. The molecule has 0 saturated carbocycles. The third-order valence-corrected chi connectivity index (χ3v) is 4.68. The van der Waals surface area contributed by atoms with Crippen molar-refractivity contribution in [3.05, 3.63) is 94.5 Å². The SMILES string of the molecule is CC(=O)Nc1ccc(C(=O)COC(=O)c2ccccc2OCc2ccccc2Cl)cc1. The number of Topliss-reactive ketones (excluding diaryl/α,β-unsaturated/α-hetero) is 1. The summed E-state index contributed by atoms with van der Waals surface area (Å²) in [6.07, 6.45) is 0. The number of halogens is 1. The number of carbonyl (C=O) groups excluding carboxylic acids is 3. The number of ketones is 1. The van der Waals surface area contributed by atoms with Crippen molar-refractivity contribution in [2.45, 2.75) is 13.5 Å². The molecule has 7 heteroatoms. The van der Waals surface area contributed by atoms with Crippen molar-refractivity contribution in [3.63, 3.8) is 0 Å². The second-order valence-electron chi connectivity index (χ2n) is 6.63. The lowest BCUT2D eigenvalue weighted by Gasteiger charge is -2.12. The normalized spacial score (nSPS) is 10.3. The smallest absolute Gasteiger partial charge is 0.342 e. The van der Waals surface area contributed by atoms with Crippen LogP contribution in [0.4, 0.5) is 5.69 Å². The average Bonchev–Trinajstić information content (AvgIpc) is 2.77. The van der Waals surface area contributed by atoms with Crippen LogP contribution in [0.5, 0.6) is 5.75 Å². The van der Waals surface area contributed by atoms with Gasteiger partial charge in [0.1, 0.15) is 17.9 Å². The Morgan fingerprint density at radius 2 is 1.58 bits per heavy atom. The fourth-order valence-corrected chi connectivity index (χ4v) is 2.96. The summed E-state index contributed by atoms with van der Waals surface area (Å²) in [6.45, 7) is 1.16. The summed E-state index contributed by atoms with van der Waals surface area (Å²) in [7, 11) is 0. The van der Waals surface area contributed by atoms with E-state index in [0.29, 0.717) is 22.0 Å². The van der Waals surface area contributed by atoms with E-state index in [2.05, 4.69) is 5.32 Å². The van der Waals surface area contributed by atoms with Gasteiger partial charge >= 0.3 is 5.97 Å².